The first-order valence-electron chi connectivity index (χ1n) is 10.1. The molecule has 0 radical (unpaired) electrons. The Balaban J connectivity index is 1.41. The van der Waals surface area contributed by atoms with Crippen LogP contribution in [0.1, 0.15) is 35.6 Å². The van der Waals surface area contributed by atoms with E-state index in [1.165, 1.54) is 23.1 Å². The Morgan fingerprint density at radius 1 is 1.13 bits per heavy atom. The van der Waals surface area contributed by atoms with Gasteiger partial charge in [0.1, 0.15) is 11.2 Å². The summed E-state index contributed by atoms with van der Waals surface area (Å²) >= 11 is 1.43. The van der Waals surface area contributed by atoms with Crippen LogP contribution in [0.15, 0.2) is 35.2 Å². The quantitative estimate of drug-likeness (QED) is 0.467. The maximum Gasteiger partial charge on any atom is 0.246 e. The van der Waals surface area contributed by atoms with Gasteiger partial charge in [-0.05, 0) is 49.8 Å². The Hall–Kier alpha value is -2.63. The van der Waals surface area contributed by atoms with Gasteiger partial charge in [0.15, 0.2) is 5.65 Å². The van der Waals surface area contributed by atoms with E-state index in [9.17, 15) is 8.42 Å². The van der Waals surface area contributed by atoms with Crippen molar-refractivity contribution in [3.63, 3.8) is 0 Å². The van der Waals surface area contributed by atoms with E-state index in [-0.39, 0.29) is 10.8 Å². The van der Waals surface area contributed by atoms with Crippen LogP contribution >= 0.6 is 11.3 Å². The molecule has 11 heteroatoms. The van der Waals surface area contributed by atoms with E-state index in [1.54, 1.807) is 32.4 Å². The Bertz CT molecular complexity index is 1360. The van der Waals surface area contributed by atoms with E-state index in [4.69, 9.17) is 0 Å². The molecule has 4 aromatic rings. The molecule has 1 saturated heterocycles. The number of piperidine rings is 1. The number of pyridine rings is 1. The van der Waals surface area contributed by atoms with Gasteiger partial charge in [-0.2, -0.15) is 14.5 Å². The fourth-order valence-corrected chi connectivity index (χ4v) is 6.93. The fraction of sp³-hybridized carbons (Fsp3) is 0.400. The molecule has 0 aliphatic carbocycles. The highest BCUT2D eigenvalue weighted by atomic mass is 32.2. The highest BCUT2D eigenvalue weighted by Crippen LogP contribution is 2.36. The molecule has 0 aromatic carbocycles. The molecule has 1 aliphatic rings. The summed E-state index contributed by atoms with van der Waals surface area (Å²) in [6, 6.07) is 2.03. The first-order valence-corrected chi connectivity index (χ1v) is 12.4. The van der Waals surface area contributed by atoms with Gasteiger partial charge >= 0.3 is 0 Å². The second kappa shape index (κ2) is 7.50. The van der Waals surface area contributed by atoms with Gasteiger partial charge in [0.25, 0.3) is 0 Å². The van der Waals surface area contributed by atoms with Gasteiger partial charge in [0, 0.05) is 26.3 Å². The third-order valence-electron chi connectivity index (χ3n) is 6.04. The molecule has 0 atom stereocenters. The third-order valence-corrected chi connectivity index (χ3v) is 8.88. The summed E-state index contributed by atoms with van der Waals surface area (Å²) in [5, 5.41) is 8.49. The van der Waals surface area contributed by atoms with E-state index < -0.39 is 10.0 Å². The number of fused-ring (bicyclic) bond motifs is 1. The standard InChI is InChI=1S/C20H23N7O2S2/c1-13-8-18-21-11-24-27(18)10-16(13)15-4-6-26(7-5-15)31(28,29)17-9-23-25(3)19(17)20-14(2)22-12-30-20/h8-12,15H,4-7H2,1-3H3. The van der Waals surface area contributed by atoms with E-state index in [2.05, 4.69) is 27.1 Å². The number of sulfonamides is 1. The fourth-order valence-electron chi connectivity index (χ4n) is 4.34. The molecule has 0 amide bonds. The molecule has 0 bridgehead atoms. The lowest BCUT2D eigenvalue weighted by Crippen LogP contribution is -2.38. The van der Waals surface area contributed by atoms with Gasteiger partial charge in [-0.25, -0.2) is 22.9 Å². The van der Waals surface area contributed by atoms with Crippen LogP contribution in [0.4, 0.5) is 0 Å². The number of thiazole rings is 1. The summed E-state index contributed by atoms with van der Waals surface area (Å²) in [6.07, 6.45) is 6.55. The molecule has 1 aliphatic heterocycles. The van der Waals surface area contributed by atoms with Gasteiger partial charge < -0.3 is 0 Å². The number of hydrogen-bond donors (Lipinski definition) is 0. The van der Waals surface area contributed by atoms with Crippen molar-refractivity contribution in [2.24, 2.45) is 7.05 Å². The van der Waals surface area contributed by atoms with E-state index in [0.29, 0.717) is 18.8 Å². The molecule has 5 rings (SSSR count). The zero-order valence-corrected chi connectivity index (χ0v) is 19.2. The molecule has 162 valence electrons. The topological polar surface area (TPSA) is 98.3 Å². The minimum atomic E-state index is -3.65. The predicted molar refractivity (Wildman–Crippen MR) is 118 cm³/mol. The van der Waals surface area contributed by atoms with E-state index in [1.807, 2.05) is 19.2 Å². The second-order valence-electron chi connectivity index (χ2n) is 7.90. The number of aromatic nitrogens is 6. The Labute approximate surface area is 184 Å². The zero-order valence-electron chi connectivity index (χ0n) is 17.6. The highest BCUT2D eigenvalue weighted by molar-refractivity contribution is 7.89. The predicted octanol–water partition coefficient (Wildman–Crippen LogP) is 2.77. The van der Waals surface area contributed by atoms with Crippen molar-refractivity contribution in [2.75, 3.05) is 13.1 Å². The minimum Gasteiger partial charge on any atom is -0.266 e. The van der Waals surface area contributed by atoms with Gasteiger partial charge in [-0.15, -0.1) is 11.3 Å². The number of aryl methyl sites for hydroxylation is 3. The molecular formula is C20H23N7O2S2. The van der Waals surface area contributed by atoms with Crippen LogP contribution in [0.25, 0.3) is 16.2 Å². The molecule has 31 heavy (non-hydrogen) atoms. The molecule has 0 unspecified atom stereocenters. The normalized spacial score (nSPS) is 16.4. The lowest BCUT2D eigenvalue weighted by atomic mass is 9.89. The van der Waals surface area contributed by atoms with Crippen LogP contribution in [-0.4, -0.2) is 55.2 Å². The summed E-state index contributed by atoms with van der Waals surface area (Å²) in [6.45, 7) is 4.90. The van der Waals surface area contributed by atoms with Gasteiger partial charge in [0.05, 0.1) is 28.0 Å². The monoisotopic (exact) mass is 457 g/mol. The largest absolute Gasteiger partial charge is 0.266 e. The molecule has 0 spiro atoms. The first-order chi connectivity index (χ1) is 14.9. The Kier molecular flexibility index (Phi) is 4.91. The van der Waals surface area contributed by atoms with Crippen LogP contribution in [-0.2, 0) is 17.1 Å². The maximum atomic E-state index is 13.5. The molecule has 9 nitrogen and oxygen atoms in total. The third kappa shape index (κ3) is 3.36. The lowest BCUT2D eigenvalue weighted by Gasteiger charge is -2.32. The first kappa shape index (κ1) is 20.3. The molecule has 0 N–H and O–H groups in total. The summed E-state index contributed by atoms with van der Waals surface area (Å²) in [4.78, 5) is 9.60. The SMILES string of the molecule is Cc1cc2ncnn2cc1C1CCN(S(=O)(=O)c2cnn(C)c2-c2scnc2C)CC1. The summed E-state index contributed by atoms with van der Waals surface area (Å²) in [5.41, 5.74) is 6.34. The number of hydrogen-bond acceptors (Lipinski definition) is 7. The molecule has 5 heterocycles. The van der Waals surface area contributed by atoms with E-state index in [0.717, 1.165) is 34.6 Å². The Morgan fingerprint density at radius 3 is 2.61 bits per heavy atom. The van der Waals surface area contributed by atoms with Crippen molar-refractivity contribution in [1.82, 2.24) is 33.7 Å². The van der Waals surface area contributed by atoms with Crippen LogP contribution in [0, 0.1) is 13.8 Å². The van der Waals surface area contributed by atoms with Crippen molar-refractivity contribution in [3.8, 4) is 10.6 Å². The second-order valence-corrected chi connectivity index (χ2v) is 10.7. The van der Waals surface area contributed by atoms with Crippen LogP contribution in [0.5, 0.6) is 0 Å². The van der Waals surface area contributed by atoms with E-state index >= 15 is 0 Å². The Morgan fingerprint density at radius 2 is 1.90 bits per heavy atom. The summed E-state index contributed by atoms with van der Waals surface area (Å²) in [5.74, 6) is 0.289. The molecule has 1 fully saturated rings. The summed E-state index contributed by atoms with van der Waals surface area (Å²) in [7, 11) is -1.89. The average Bonchev–Trinajstić information content (AvgIpc) is 3.47. The summed E-state index contributed by atoms with van der Waals surface area (Å²) < 4.78 is 32.0. The smallest absolute Gasteiger partial charge is 0.246 e. The molecular weight excluding hydrogens is 434 g/mol. The van der Waals surface area contributed by atoms with Gasteiger partial charge in [-0.1, -0.05) is 0 Å². The van der Waals surface area contributed by atoms with Gasteiger partial charge in [-0.3, -0.25) is 4.68 Å². The van der Waals surface area contributed by atoms with Crippen LogP contribution in [0.2, 0.25) is 0 Å². The average molecular weight is 458 g/mol. The number of nitrogens with zero attached hydrogens (tertiary/aromatic N) is 7. The minimum absolute atomic E-state index is 0.251. The van der Waals surface area contributed by atoms with Crippen molar-refractivity contribution < 1.29 is 8.42 Å². The van der Waals surface area contributed by atoms with Gasteiger partial charge in [0.2, 0.25) is 10.0 Å². The number of rotatable bonds is 4. The van der Waals surface area contributed by atoms with Crippen molar-refractivity contribution in [2.45, 2.75) is 37.5 Å². The maximum absolute atomic E-state index is 13.5. The highest BCUT2D eigenvalue weighted by Gasteiger charge is 2.34. The zero-order chi connectivity index (χ0) is 21.8. The van der Waals surface area contributed by atoms with Crippen molar-refractivity contribution in [1.29, 1.82) is 0 Å². The van der Waals surface area contributed by atoms with Crippen molar-refractivity contribution >= 4 is 27.0 Å². The van der Waals surface area contributed by atoms with Crippen LogP contribution in [0.3, 0.4) is 0 Å². The molecule has 4 aromatic heterocycles. The lowest BCUT2D eigenvalue weighted by molar-refractivity contribution is 0.318. The molecule has 0 saturated carbocycles. The van der Waals surface area contributed by atoms with Crippen molar-refractivity contribution in [3.05, 3.63) is 47.1 Å². The van der Waals surface area contributed by atoms with Crippen LogP contribution < -0.4 is 0 Å².